The normalized spacial score (nSPS) is 10.0. The highest BCUT2D eigenvalue weighted by molar-refractivity contribution is 4.96. The molecule has 0 aromatic rings. The van der Waals surface area contributed by atoms with Crippen molar-refractivity contribution in [2.24, 2.45) is 0 Å². The van der Waals surface area contributed by atoms with E-state index >= 15 is 0 Å². The molecule has 0 rings (SSSR count). The van der Waals surface area contributed by atoms with E-state index in [9.17, 15) is 8.78 Å². The second-order valence-corrected chi connectivity index (χ2v) is 1.43. The van der Waals surface area contributed by atoms with Gasteiger partial charge in [-0.2, -0.15) is 0 Å². The highest BCUT2D eigenvalue weighted by atomic mass is 19.3. The van der Waals surface area contributed by atoms with Crippen molar-refractivity contribution in [1.29, 1.82) is 0 Å². The predicted molar refractivity (Wildman–Crippen MR) is 26.8 cm³/mol. The summed E-state index contributed by atoms with van der Waals surface area (Å²) in [6.07, 6.45) is -2.49. The smallest absolute Gasteiger partial charge is 0.259 e. The molecular weight excluding hydrogens is 114 g/mol. The first kappa shape index (κ1) is 7.56. The van der Waals surface area contributed by atoms with Gasteiger partial charge >= 0.3 is 0 Å². The Morgan fingerprint density at radius 1 is 1.62 bits per heavy atom. The van der Waals surface area contributed by atoms with Gasteiger partial charge in [0.25, 0.3) is 6.43 Å². The Kier molecular flexibility index (Phi) is 3.35. The summed E-state index contributed by atoms with van der Waals surface area (Å²) in [6.45, 7) is 2.79. The van der Waals surface area contributed by atoms with Gasteiger partial charge in [0.1, 0.15) is 0 Å². The fourth-order valence-corrected chi connectivity index (χ4v) is 0.253. The molecule has 0 radical (unpaired) electrons. The van der Waals surface area contributed by atoms with Crippen LogP contribution in [0.3, 0.4) is 0 Å². The standard InChI is InChI=1S/C5H8F2O/c1-4(2-3-8)5(6)7/h5,8H,1-3H2. The second kappa shape index (κ2) is 3.55. The molecule has 8 heavy (non-hydrogen) atoms. The summed E-state index contributed by atoms with van der Waals surface area (Å²) >= 11 is 0. The quantitative estimate of drug-likeness (QED) is 0.557. The summed E-state index contributed by atoms with van der Waals surface area (Å²) in [6, 6.07) is 0. The van der Waals surface area contributed by atoms with E-state index in [1.807, 2.05) is 0 Å². The minimum Gasteiger partial charge on any atom is -0.396 e. The predicted octanol–water partition coefficient (Wildman–Crippen LogP) is 1.19. The third-order valence-electron chi connectivity index (χ3n) is 0.742. The molecule has 48 valence electrons. The van der Waals surface area contributed by atoms with Gasteiger partial charge in [-0.05, 0) is 12.0 Å². The first-order chi connectivity index (χ1) is 3.68. The largest absolute Gasteiger partial charge is 0.396 e. The van der Waals surface area contributed by atoms with Gasteiger partial charge < -0.3 is 5.11 Å². The van der Waals surface area contributed by atoms with Crippen LogP contribution in [0, 0.1) is 0 Å². The minimum absolute atomic E-state index is 0.00231. The summed E-state index contributed by atoms with van der Waals surface area (Å²) in [4.78, 5) is 0. The lowest BCUT2D eigenvalue weighted by Gasteiger charge is -1.98. The lowest BCUT2D eigenvalue weighted by Crippen LogP contribution is -1.96. The number of aliphatic hydroxyl groups excluding tert-OH is 1. The van der Waals surface area contributed by atoms with Crippen LogP contribution >= 0.6 is 0 Å². The van der Waals surface area contributed by atoms with Crippen LogP contribution in [0.15, 0.2) is 12.2 Å². The molecule has 0 aromatic carbocycles. The maximum atomic E-state index is 11.4. The fraction of sp³-hybridized carbons (Fsp3) is 0.600. The van der Waals surface area contributed by atoms with Crippen molar-refractivity contribution in [3.05, 3.63) is 12.2 Å². The van der Waals surface area contributed by atoms with Crippen LogP contribution in [0.4, 0.5) is 8.78 Å². The van der Waals surface area contributed by atoms with Gasteiger partial charge in [0, 0.05) is 6.61 Å². The molecule has 0 saturated carbocycles. The van der Waals surface area contributed by atoms with Crippen LogP contribution in [-0.2, 0) is 0 Å². The van der Waals surface area contributed by atoms with Crippen molar-refractivity contribution in [2.45, 2.75) is 12.8 Å². The van der Waals surface area contributed by atoms with Gasteiger partial charge in [-0.15, -0.1) is 0 Å². The monoisotopic (exact) mass is 122 g/mol. The van der Waals surface area contributed by atoms with E-state index in [0.29, 0.717) is 0 Å². The molecule has 0 bridgehead atoms. The number of aliphatic hydroxyl groups is 1. The Morgan fingerprint density at radius 3 is 2.25 bits per heavy atom. The van der Waals surface area contributed by atoms with E-state index in [4.69, 9.17) is 5.11 Å². The van der Waals surface area contributed by atoms with E-state index in [-0.39, 0.29) is 18.6 Å². The molecule has 0 unspecified atom stereocenters. The molecule has 1 nitrogen and oxygen atoms in total. The third-order valence-corrected chi connectivity index (χ3v) is 0.742. The van der Waals surface area contributed by atoms with Crippen LogP contribution in [0.25, 0.3) is 0 Å². The number of rotatable bonds is 3. The van der Waals surface area contributed by atoms with Crippen molar-refractivity contribution >= 4 is 0 Å². The zero-order chi connectivity index (χ0) is 6.57. The Bertz CT molecular complexity index is 80.5. The van der Waals surface area contributed by atoms with Gasteiger partial charge in [-0.1, -0.05) is 6.58 Å². The van der Waals surface area contributed by atoms with Crippen LogP contribution in [-0.4, -0.2) is 18.1 Å². The van der Waals surface area contributed by atoms with Gasteiger partial charge in [-0.25, -0.2) is 8.78 Å². The molecule has 0 aliphatic rings. The highest BCUT2D eigenvalue weighted by Gasteiger charge is 2.05. The molecule has 0 atom stereocenters. The molecule has 1 N–H and O–H groups in total. The Hall–Kier alpha value is -0.440. The molecule has 0 aliphatic carbocycles. The lowest BCUT2D eigenvalue weighted by molar-refractivity contribution is 0.177. The summed E-state index contributed by atoms with van der Waals surface area (Å²) in [5, 5.41) is 8.09. The van der Waals surface area contributed by atoms with E-state index < -0.39 is 6.43 Å². The number of alkyl halides is 2. The van der Waals surface area contributed by atoms with Crippen molar-refractivity contribution in [1.82, 2.24) is 0 Å². The summed E-state index contributed by atoms with van der Waals surface area (Å²) in [5.74, 6) is 0. The zero-order valence-corrected chi connectivity index (χ0v) is 4.40. The Labute approximate surface area is 46.6 Å². The first-order valence-corrected chi connectivity index (χ1v) is 2.25. The van der Waals surface area contributed by atoms with Gasteiger partial charge in [0.15, 0.2) is 0 Å². The third kappa shape index (κ3) is 2.69. The molecular formula is C5H8F2O. The topological polar surface area (TPSA) is 20.2 Å². The average molecular weight is 122 g/mol. The van der Waals surface area contributed by atoms with Gasteiger partial charge in [0.2, 0.25) is 0 Å². The molecule has 0 aliphatic heterocycles. The van der Waals surface area contributed by atoms with Crippen molar-refractivity contribution in [3.63, 3.8) is 0 Å². The zero-order valence-electron chi connectivity index (χ0n) is 4.40. The highest BCUT2D eigenvalue weighted by Crippen LogP contribution is 2.08. The SMILES string of the molecule is C=C(CCO)C(F)F. The van der Waals surface area contributed by atoms with E-state index in [2.05, 4.69) is 6.58 Å². The molecule has 0 fully saturated rings. The second-order valence-electron chi connectivity index (χ2n) is 1.43. The summed E-state index contributed by atoms with van der Waals surface area (Å²) in [7, 11) is 0. The summed E-state index contributed by atoms with van der Waals surface area (Å²) < 4.78 is 22.8. The van der Waals surface area contributed by atoms with Crippen LogP contribution < -0.4 is 0 Å². The minimum atomic E-state index is -2.48. The van der Waals surface area contributed by atoms with Crippen molar-refractivity contribution < 1.29 is 13.9 Å². The van der Waals surface area contributed by atoms with Crippen LogP contribution in [0.1, 0.15) is 6.42 Å². The fourth-order valence-electron chi connectivity index (χ4n) is 0.253. The molecule has 0 heterocycles. The number of hydrogen-bond acceptors (Lipinski definition) is 1. The Morgan fingerprint density at radius 2 is 2.12 bits per heavy atom. The Balaban J connectivity index is 3.33. The number of halogens is 2. The maximum absolute atomic E-state index is 11.4. The molecule has 0 aromatic heterocycles. The lowest BCUT2D eigenvalue weighted by atomic mass is 10.2. The number of hydrogen-bond donors (Lipinski definition) is 1. The van der Waals surface area contributed by atoms with Crippen molar-refractivity contribution in [2.75, 3.05) is 6.61 Å². The average Bonchev–Trinajstić information content (AvgIpc) is 1.67. The van der Waals surface area contributed by atoms with Crippen molar-refractivity contribution in [3.8, 4) is 0 Å². The first-order valence-electron chi connectivity index (χ1n) is 2.25. The maximum Gasteiger partial charge on any atom is 0.259 e. The molecule has 0 saturated heterocycles. The van der Waals surface area contributed by atoms with E-state index in [0.717, 1.165) is 0 Å². The summed E-state index contributed by atoms with van der Waals surface area (Å²) in [5.41, 5.74) is -0.201. The van der Waals surface area contributed by atoms with E-state index in [1.54, 1.807) is 0 Å². The molecule has 3 heteroatoms. The van der Waals surface area contributed by atoms with Gasteiger partial charge in [-0.3, -0.25) is 0 Å². The van der Waals surface area contributed by atoms with Crippen LogP contribution in [0.5, 0.6) is 0 Å². The molecule has 0 spiro atoms. The molecule has 0 amide bonds. The van der Waals surface area contributed by atoms with Crippen LogP contribution in [0.2, 0.25) is 0 Å². The van der Waals surface area contributed by atoms with E-state index in [1.165, 1.54) is 0 Å². The van der Waals surface area contributed by atoms with Gasteiger partial charge in [0.05, 0.1) is 0 Å².